The summed E-state index contributed by atoms with van der Waals surface area (Å²) < 4.78 is 24.9. The maximum atomic E-state index is 12.5. The summed E-state index contributed by atoms with van der Waals surface area (Å²) in [7, 11) is -3.35. The summed E-state index contributed by atoms with van der Waals surface area (Å²) in [4.78, 5) is 15.0. The normalized spacial score (nSPS) is 22.8. The lowest BCUT2D eigenvalue weighted by atomic mass is 10.1. The molecule has 0 radical (unpaired) electrons. The summed E-state index contributed by atoms with van der Waals surface area (Å²) in [6.07, 6.45) is 2.46. The first-order valence-electron chi connectivity index (χ1n) is 8.60. The number of anilines is 1. The Bertz CT molecular complexity index is 718. The molecule has 1 aromatic carbocycles. The molecule has 3 rings (SSSR count). The standard InChI is InChI=1S/C17H25N3O3S2/c1-25(22,23)20-7-3-6-16(20)17(21)18-15-5-2-4-14(12-15)13-19-8-10-24-11-9-19/h2,4-5,12,16H,3,6-11,13H2,1H3,(H,18,21). The maximum absolute atomic E-state index is 12.5. The van der Waals surface area contributed by atoms with Crippen molar-refractivity contribution < 1.29 is 13.2 Å². The van der Waals surface area contributed by atoms with Crippen molar-refractivity contribution in [1.29, 1.82) is 0 Å². The predicted octanol–water partition coefficient (Wildman–Crippen LogP) is 1.60. The van der Waals surface area contributed by atoms with Crippen LogP contribution < -0.4 is 5.32 Å². The van der Waals surface area contributed by atoms with E-state index in [1.807, 2.05) is 30.0 Å². The van der Waals surface area contributed by atoms with Crippen molar-refractivity contribution in [3.8, 4) is 0 Å². The Labute approximate surface area is 154 Å². The molecular weight excluding hydrogens is 358 g/mol. The van der Waals surface area contributed by atoms with Gasteiger partial charge in [0.05, 0.1) is 6.26 Å². The highest BCUT2D eigenvalue weighted by Crippen LogP contribution is 2.22. The number of carbonyl (C=O) groups is 1. The number of thioether (sulfide) groups is 1. The van der Waals surface area contributed by atoms with E-state index in [1.165, 1.54) is 15.8 Å². The first-order valence-corrected chi connectivity index (χ1v) is 11.6. The fraction of sp³-hybridized carbons (Fsp3) is 0.588. The van der Waals surface area contributed by atoms with Gasteiger partial charge in [0.1, 0.15) is 6.04 Å². The van der Waals surface area contributed by atoms with E-state index in [-0.39, 0.29) is 5.91 Å². The third-order valence-electron chi connectivity index (χ3n) is 4.64. The third-order valence-corrected chi connectivity index (χ3v) is 6.87. The molecule has 0 spiro atoms. The van der Waals surface area contributed by atoms with Crippen LogP contribution in [0, 0.1) is 0 Å². The van der Waals surface area contributed by atoms with Gasteiger partial charge in [-0.25, -0.2) is 8.42 Å². The summed E-state index contributed by atoms with van der Waals surface area (Å²) in [5, 5.41) is 2.90. The van der Waals surface area contributed by atoms with Gasteiger partial charge >= 0.3 is 0 Å². The number of nitrogens with one attached hydrogen (secondary N) is 1. The van der Waals surface area contributed by atoms with E-state index in [2.05, 4.69) is 16.3 Å². The zero-order valence-corrected chi connectivity index (χ0v) is 16.1. The Morgan fingerprint density at radius 1 is 1.28 bits per heavy atom. The molecule has 2 fully saturated rings. The van der Waals surface area contributed by atoms with Gasteiger partial charge < -0.3 is 5.32 Å². The summed E-state index contributed by atoms with van der Waals surface area (Å²) in [6.45, 7) is 3.48. The van der Waals surface area contributed by atoms with Crippen LogP contribution in [0.5, 0.6) is 0 Å². The lowest BCUT2D eigenvalue weighted by Gasteiger charge is -2.26. The van der Waals surface area contributed by atoms with E-state index >= 15 is 0 Å². The van der Waals surface area contributed by atoms with Crippen LogP contribution in [0.1, 0.15) is 18.4 Å². The molecule has 0 aromatic heterocycles. The van der Waals surface area contributed by atoms with Gasteiger partial charge in [-0.05, 0) is 30.5 Å². The quantitative estimate of drug-likeness (QED) is 0.836. The minimum absolute atomic E-state index is 0.241. The Balaban J connectivity index is 1.64. The minimum atomic E-state index is -3.35. The second-order valence-electron chi connectivity index (χ2n) is 6.61. The number of hydrogen-bond donors (Lipinski definition) is 1. The molecular formula is C17H25N3O3S2. The van der Waals surface area contributed by atoms with E-state index in [0.717, 1.165) is 43.6 Å². The molecule has 2 aliphatic heterocycles. The maximum Gasteiger partial charge on any atom is 0.242 e. The molecule has 1 atom stereocenters. The van der Waals surface area contributed by atoms with Crippen molar-refractivity contribution in [2.45, 2.75) is 25.4 Å². The largest absolute Gasteiger partial charge is 0.325 e. The number of amides is 1. The highest BCUT2D eigenvalue weighted by Gasteiger charge is 2.36. The van der Waals surface area contributed by atoms with E-state index < -0.39 is 16.1 Å². The second kappa shape index (κ2) is 8.07. The zero-order chi connectivity index (χ0) is 17.9. The zero-order valence-electron chi connectivity index (χ0n) is 14.5. The van der Waals surface area contributed by atoms with E-state index in [1.54, 1.807) is 0 Å². The van der Waals surface area contributed by atoms with Crippen molar-refractivity contribution in [2.24, 2.45) is 0 Å². The fourth-order valence-corrected chi connectivity index (χ4v) is 5.49. The first-order chi connectivity index (χ1) is 11.9. The Morgan fingerprint density at radius 3 is 2.76 bits per heavy atom. The lowest BCUT2D eigenvalue weighted by molar-refractivity contribution is -0.119. The Hall–Kier alpha value is -1.09. The van der Waals surface area contributed by atoms with Gasteiger partial charge in [0, 0.05) is 43.4 Å². The predicted molar refractivity (Wildman–Crippen MR) is 102 cm³/mol. The second-order valence-corrected chi connectivity index (χ2v) is 9.77. The van der Waals surface area contributed by atoms with Crippen LogP contribution in [0.2, 0.25) is 0 Å². The first kappa shape index (κ1) is 18.7. The van der Waals surface area contributed by atoms with Crippen LogP contribution in [0.4, 0.5) is 5.69 Å². The van der Waals surface area contributed by atoms with E-state index in [0.29, 0.717) is 13.0 Å². The summed E-state index contributed by atoms with van der Waals surface area (Å²) in [5.41, 5.74) is 1.89. The van der Waals surface area contributed by atoms with Crippen LogP contribution in [0.3, 0.4) is 0 Å². The van der Waals surface area contributed by atoms with Gasteiger partial charge in [-0.15, -0.1) is 0 Å². The molecule has 8 heteroatoms. The average molecular weight is 384 g/mol. The van der Waals surface area contributed by atoms with Crippen molar-refractivity contribution >= 4 is 33.4 Å². The highest BCUT2D eigenvalue weighted by molar-refractivity contribution is 7.99. The smallest absolute Gasteiger partial charge is 0.242 e. The van der Waals surface area contributed by atoms with Crippen LogP contribution in [0.25, 0.3) is 0 Å². The fourth-order valence-electron chi connectivity index (χ4n) is 3.39. The van der Waals surface area contributed by atoms with Crippen LogP contribution in [-0.4, -0.2) is 67.0 Å². The molecule has 1 N–H and O–H groups in total. The summed E-state index contributed by atoms with van der Waals surface area (Å²) in [5.74, 6) is 2.09. The highest BCUT2D eigenvalue weighted by atomic mass is 32.2. The molecule has 0 bridgehead atoms. The molecule has 1 aromatic rings. The molecule has 0 aliphatic carbocycles. The summed E-state index contributed by atoms with van der Waals surface area (Å²) >= 11 is 1.98. The van der Waals surface area contributed by atoms with E-state index in [4.69, 9.17) is 0 Å². The molecule has 6 nitrogen and oxygen atoms in total. The van der Waals surface area contributed by atoms with Crippen molar-refractivity contribution in [3.05, 3.63) is 29.8 Å². The molecule has 25 heavy (non-hydrogen) atoms. The SMILES string of the molecule is CS(=O)(=O)N1CCCC1C(=O)Nc1cccc(CN2CCSCC2)c1. The molecule has 138 valence electrons. The van der Waals surface area contributed by atoms with Crippen LogP contribution >= 0.6 is 11.8 Å². The van der Waals surface area contributed by atoms with Crippen LogP contribution in [0.15, 0.2) is 24.3 Å². The number of sulfonamides is 1. The average Bonchev–Trinajstić information content (AvgIpc) is 3.06. The van der Waals surface area contributed by atoms with Crippen molar-refractivity contribution in [3.63, 3.8) is 0 Å². The van der Waals surface area contributed by atoms with Crippen molar-refractivity contribution in [1.82, 2.24) is 9.21 Å². The molecule has 1 unspecified atom stereocenters. The molecule has 2 aliphatic rings. The molecule has 2 heterocycles. The Kier molecular flexibility index (Phi) is 6.04. The van der Waals surface area contributed by atoms with Gasteiger partial charge in [-0.3, -0.25) is 9.69 Å². The number of hydrogen-bond acceptors (Lipinski definition) is 5. The molecule has 0 saturated carbocycles. The topological polar surface area (TPSA) is 69.7 Å². The van der Waals surface area contributed by atoms with Gasteiger partial charge in [-0.1, -0.05) is 12.1 Å². The lowest BCUT2D eigenvalue weighted by Crippen LogP contribution is -2.42. The van der Waals surface area contributed by atoms with Gasteiger partial charge in [0.25, 0.3) is 0 Å². The summed E-state index contributed by atoms with van der Waals surface area (Å²) in [6, 6.07) is 7.24. The minimum Gasteiger partial charge on any atom is -0.325 e. The Morgan fingerprint density at radius 2 is 2.04 bits per heavy atom. The van der Waals surface area contributed by atoms with Gasteiger partial charge in [0.15, 0.2) is 0 Å². The van der Waals surface area contributed by atoms with Gasteiger partial charge in [0.2, 0.25) is 15.9 Å². The van der Waals surface area contributed by atoms with Crippen LogP contribution in [-0.2, 0) is 21.4 Å². The number of carbonyl (C=O) groups excluding carboxylic acids is 1. The third kappa shape index (κ3) is 4.97. The number of benzene rings is 1. The number of rotatable bonds is 5. The molecule has 1 amide bonds. The van der Waals surface area contributed by atoms with Gasteiger partial charge in [-0.2, -0.15) is 16.1 Å². The molecule has 2 saturated heterocycles. The number of nitrogens with zero attached hydrogens (tertiary/aromatic N) is 2. The monoisotopic (exact) mass is 383 g/mol. The van der Waals surface area contributed by atoms with Crippen molar-refractivity contribution in [2.75, 3.05) is 42.7 Å². The van der Waals surface area contributed by atoms with E-state index in [9.17, 15) is 13.2 Å².